The first-order chi connectivity index (χ1) is 9.04. The molecule has 0 aliphatic heterocycles. The van der Waals surface area contributed by atoms with E-state index in [0.717, 1.165) is 22.6 Å². The maximum atomic E-state index is 10.9. The van der Waals surface area contributed by atoms with E-state index in [1.807, 2.05) is 19.9 Å². The number of aryl methyl sites for hydroxylation is 2. The molecule has 5 nitrogen and oxygen atoms in total. The molecule has 96 valence electrons. The van der Waals surface area contributed by atoms with Crippen LogP contribution in [0.2, 0.25) is 0 Å². The molecule has 3 aromatic rings. The molecule has 0 atom stereocenters. The normalized spacial score (nSPS) is 11.1. The van der Waals surface area contributed by atoms with Gasteiger partial charge in [-0.05, 0) is 38.1 Å². The Labute approximate surface area is 108 Å². The standard InChI is InChI=1S/C14H12N2O3/c1-7-5-10(8(2)19-7)13-15-11-4-3-9(14(17)18)6-12(11)16-13/h3-6H,1-2H3,(H,15,16)(H,17,18). The molecule has 0 spiro atoms. The molecule has 0 saturated carbocycles. The van der Waals surface area contributed by atoms with E-state index in [0.29, 0.717) is 11.3 Å². The lowest BCUT2D eigenvalue weighted by atomic mass is 10.2. The number of rotatable bonds is 2. The number of furan rings is 1. The predicted molar refractivity (Wildman–Crippen MR) is 70.2 cm³/mol. The van der Waals surface area contributed by atoms with Gasteiger partial charge in [0.15, 0.2) is 0 Å². The molecule has 0 amide bonds. The highest BCUT2D eigenvalue weighted by Crippen LogP contribution is 2.26. The van der Waals surface area contributed by atoms with Crippen LogP contribution in [0.1, 0.15) is 21.9 Å². The number of aromatic amines is 1. The molecule has 19 heavy (non-hydrogen) atoms. The molecule has 0 unspecified atom stereocenters. The van der Waals surface area contributed by atoms with Gasteiger partial charge in [0.25, 0.3) is 0 Å². The van der Waals surface area contributed by atoms with Crippen LogP contribution in [0.4, 0.5) is 0 Å². The molecule has 2 aromatic heterocycles. The third-order valence-electron chi connectivity index (χ3n) is 3.02. The van der Waals surface area contributed by atoms with Gasteiger partial charge in [-0.15, -0.1) is 0 Å². The Morgan fingerprint density at radius 2 is 2.11 bits per heavy atom. The number of nitrogens with zero attached hydrogens (tertiary/aromatic N) is 1. The van der Waals surface area contributed by atoms with Gasteiger partial charge in [-0.25, -0.2) is 9.78 Å². The second-order valence-electron chi connectivity index (χ2n) is 4.45. The number of carboxylic acid groups (broad SMARTS) is 1. The number of H-pyrrole nitrogens is 1. The third kappa shape index (κ3) is 1.89. The van der Waals surface area contributed by atoms with Crippen LogP contribution < -0.4 is 0 Å². The summed E-state index contributed by atoms with van der Waals surface area (Å²) in [4.78, 5) is 18.5. The van der Waals surface area contributed by atoms with Crippen molar-refractivity contribution in [2.45, 2.75) is 13.8 Å². The quantitative estimate of drug-likeness (QED) is 0.738. The second kappa shape index (κ2) is 3.98. The molecule has 0 saturated heterocycles. The zero-order valence-electron chi connectivity index (χ0n) is 10.5. The summed E-state index contributed by atoms with van der Waals surface area (Å²) in [5, 5.41) is 8.97. The Bertz CT molecular complexity index is 783. The number of fused-ring (bicyclic) bond motifs is 1. The first-order valence-corrected chi connectivity index (χ1v) is 5.85. The highest BCUT2D eigenvalue weighted by molar-refractivity contribution is 5.93. The molecule has 1 aromatic carbocycles. The van der Waals surface area contributed by atoms with Gasteiger partial charge in [0, 0.05) is 0 Å². The Balaban J connectivity index is 2.16. The molecule has 0 aliphatic rings. The van der Waals surface area contributed by atoms with E-state index < -0.39 is 5.97 Å². The lowest BCUT2D eigenvalue weighted by molar-refractivity contribution is 0.0697. The van der Waals surface area contributed by atoms with Gasteiger partial charge < -0.3 is 14.5 Å². The molecular weight excluding hydrogens is 244 g/mol. The van der Waals surface area contributed by atoms with Crippen LogP contribution in [-0.2, 0) is 0 Å². The van der Waals surface area contributed by atoms with Crippen molar-refractivity contribution in [2.24, 2.45) is 0 Å². The van der Waals surface area contributed by atoms with E-state index >= 15 is 0 Å². The van der Waals surface area contributed by atoms with E-state index in [2.05, 4.69) is 9.97 Å². The fraction of sp³-hybridized carbons (Fsp3) is 0.143. The molecule has 0 aliphatic carbocycles. The minimum atomic E-state index is -0.951. The van der Waals surface area contributed by atoms with Crippen LogP contribution in [0, 0.1) is 13.8 Å². The van der Waals surface area contributed by atoms with Gasteiger partial charge in [0.05, 0.1) is 22.2 Å². The number of nitrogens with one attached hydrogen (secondary N) is 1. The number of benzene rings is 1. The van der Waals surface area contributed by atoms with Crippen molar-refractivity contribution in [1.29, 1.82) is 0 Å². The highest BCUT2D eigenvalue weighted by Gasteiger charge is 2.13. The van der Waals surface area contributed by atoms with Gasteiger partial charge in [0.2, 0.25) is 0 Å². The minimum Gasteiger partial charge on any atom is -0.478 e. The van der Waals surface area contributed by atoms with Crippen molar-refractivity contribution in [2.75, 3.05) is 0 Å². The first-order valence-electron chi connectivity index (χ1n) is 5.85. The average molecular weight is 256 g/mol. The van der Waals surface area contributed by atoms with Gasteiger partial charge in [-0.1, -0.05) is 0 Å². The van der Waals surface area contributed by atoms with Crippen molar-refractivity contribution < 1.29 is 14.3 Å². The summed E-state index contributed by atoms with van der Waals surface area (Å²) in [6, 6.07) is 6.73. The summed E-state index contributed by atoms with van der Waals surface area (Å²) in [6.07, 6.45) is 0. The summed E-state index contributed by atoms with van der Waals surface area (Å²) in [6.45, 7) is 3.75. The Kier molecular flexibility index (Phi) is 2.41. The van der Waals surface area contributed by atoms with Crippen molar-refractivity contribution in [1.82, 2.24) is 9.97 Å². The maximum absolute atomic E-state index is 10.9. The van der Waals surface area contributed by atoms with Gasteiger partial charge in [0.1, 0.15) is 17.3 Å². The van der Waals surface area contributed by atoms with Crippen LogP contribution in [0.15, 0.2) is 28.7 Å². The third-order valence-corrected chi connectivity index (χ3v) is 3.02. The van der Waals surface area contributed by atoms with Crippen LogP contribution in [0.5, 0.6) is 0 Å². The predicted octanol–water partition coefficient (Wildman–Crippen LogP) is 3.14. The molecular formula is C14H12N2O3. The Morgan fingerprint density at radius 1 is 1.32 bits per heavy atom. The van der Waals surface area contributed by atoms with Crippen molar-refractivity contribution in [3.8, 4) is 11.4 Å². The molecule has 2 N–H and O–H groups in total. The van der Waals surface area contributed by atoms with Crippen molar-refractivity contribution in [3.63, 3.8) is 0 Å². The van der Waals surface area contributed by atoms with Crippen LogP contribution in [0.3, 0.4) is 0 Å². The van der Waals surface area contributed by atoms with E-state index in [9.17, 15) is 4.79 Å². The fourth-order valence-corrected chi connectivity index (χ4v) is 2.14. The first kappa shape index (κ1) is 11.5. The fourth-order valence-electron chi connectivity index (χ4n) is 2.14. The van der Waals surface area contributed by atoms with Gasteiger partial charge in [-0.2, -0.15) is 0 Å². The minimum absolute atomic E-state index is 0.239. The monoisotopic (exact) mass is 256 g/mol. The number of carbonyl (C=O) groups is 1. The van der Waals surface area contributed by atoms with E-state index in [1.54, 1.807) is 18.2 Å². The number of hydrogen-bond acceptors (Lipinski definition) is 3. The molecule has 0 bridgehead atoms. The number of carboxylic acids is 1. The second-order valence-corrected chi connectivity index (χ2v) is 4.45. The summed E-state index contributed by atoms with van der Waals surface area (Å²) in [5.74, 6) is 1.34. The van der Waals surface area contributed by atoms with Crippen LogP contribution in [-0.4, -0.2) is 21.0 Å². The maximum Gasteiger partial charge on any atom is 0.335 e. The summed E-state index contributed by atoms with van der Waals surface area (Å²) in [5.41, 5.74) is 2.57. The highest BCUT2D eigenvalue weighted by atomic mass is 16.4. The molecule has 3 rings (SSSR count). The van der Waals surface area contributed by atoms with Crippen molar-refractivity contribution >= 4 is 17.0 Å². The molecule has 2 heterocycles. The smallest absolute Gasteiger partial charge is 0.335 e. The summed E-state index contributed by atoms with van der Waals surface area (Å²) in [7, 11) is 0. The Hall–Kier alpha value is -2.56. The van der Waals surface area contributed by atoms with Crippen molar-refractivity contribution in [3.05, 3.63) is 41.3 Å². The lowest BCUT2D eigenvalue weighted by Gasteiger charge is -1.92. The molecule has 0 fully saturated rings. The summed E-state index contributed by atoms with van der Waals surface area (Å²) >= 11 is 0. The van der Waals surface area contributed by atoms with E-state index in [4.69, 9.17) is 9.52 Å². The topological polar surface area (TPSA) is 79.1 Å². The summed E-state index contributed by atoms with van der Waals surface area (Å²) < 4.78 is 5.47. The Morgan fingerprint density at radius 3 is 2.74 bits per heavy atom. The molecule has 0 radical (unpaired) electrons. The zero-order chi connectivity index (χ0) is 13.6. The van der Waals surface area contributed by atoms with Crippen LogP contribution in [0.25, 0.3) is 22.4 Å². The van der Waals surface area contributed by atoms with Crippen LogP contribution >= 0.6 is 0 Å². The zero-order valence-corrected chi connectivity index (χ0v) is 10.5. The van der Waals surface area contributed by atoms with E-state index in [1.165, 1.54) is 0 Å². The van der Waals surface area contributed by atoms with Gasteiger partial charge >= 0.3 is 5.97 Å². The SMILES string of the molecule is Cc1cc(-c2nc3ccc(C(=O)O)cc3[nH]2)c(C)o1. The average Bonchev–Trinajstić information content (AvgIpc) is 2.90. The number of aromatic carboxylic acids is 1. The lowest BCUT2D eigenvalue weighted by Crippen LogP contribution is -1.94. The number of aromatic nitrogens is 2. The van der Waals surface area contributed by atoms with E-state index in [-0.39, 0.29) is 5.56 Å². The number of imidazole rings is 1. The largest absolute Gasteiger partial charge is 0.478 e. The number of hydrogen-bond donors (Lipinski definition) is 2. The molecule has 5 heteroatoms. The van der Waals surface area contributed by atoms with Gasteiger partial charge in [-0.3, -0.25) is 0 Å².